The minimum absolute atomic E-state index is 0.0155. The first-order valence-corrected chi connectivity index (χ1v) is 7.73. The Kier molecular flexibility index (Phi) is 4.28. The predicted molar refractivity (Wildman–Crippen MR) is 85.2 cm³/mol. The number of nitrogens with zero attached hydrogens (tertiary/aromatic N) is 2. The molecule has 2 aromatic heterocycles. The van der Waals surface area contributed by atoms with Gasteiger partial charge in [-0.15, -0.1) is 11.3 Å². The van der Waals surface area contributed by atoms with Crippen LogP contribution < -0.4 is 5.73 Å². The van der Waals surface area contributed by atoms with Gasteiger partial charge >= 0.3 is 0 Å². The SMILES string of the molecule is CCCN(C(=O)c1sc2nccc(C)c2c1N)C(C)C. The Morgan fingerprint density at radius 1 is 1.50 bits per heavy atom. The molecule has 2 N–H and O–H groups in total. The Balaban J connectivity index is 2.49. The Hall–Kier alpha value is -1.62. The number of aryl methyl sites for hydroxylation is 1. The third kappa shape index (κ3) is 2.50. The molecule has 0 bridgehead atoms. The van der Waals surface area contributed by atoms with Crippen LogP contribution in [0.5, 0.6) is 0 Å². The second kappa shape index (κ2) is 5.79. The molecule has 0 aromatic carbocycles. The molecule has 0 saturated heterocycles. The van der Waals surface area contributed by atoms with E-state index in [9.17, 15) is 4.79 Å². The number of carbonyl (C=O) groups is 1. The molecule has 108 valence electrons. The molecule has 4 nitrogen and oxygen atoms in total. The molecule has 0 atom stereocenters. The molecule has 0 saturated carbocycles. The molecule has 2 heterocycles. The zero-order valence-electron chi connectivity index (χ0n) is 12.4. The summed E-state index contributed by atoms with van der Waals surface area (Å²) in [6.45, 7) is 8.87. The molecule has 0 spiro atoms. The number of amides is 1. The van der Waals surface area contributed by atoms with Gasteiger partial charge in [0.2, 0.25) is 0 Å². The van der Waals surface area contributed by atoms with Crippen LogP contribution in [-0.4, -0.2) is 28.4 Å². The maximum absolute atomic E-state index is 12.7. The Labute approximate surface area is 123 Å². The fourth-order valence-electron chi connectivity index (χ4n) is 2.33. The number of carbonyl (C=O) groups excluding carboxylic acids is 1. The number of rotatable bonds is 4. The zero-order valence-corrected chi connectivity index (χ0v) is 13.3. The molecule has 2 aromatic rings. The summed E-state index contributed by atoms with van der Waals surface area (Å²) in [7, 11) is 0. The van der Waals surface area contributed by atoms with Crippen LogP contribution in [-0.2, 0) is 0 Å². The molecule has 0 fully saturated rings. The first-order valence-electron chi connectivity index (χ1n) is 6.91. The van der Waals surface area contributed by atoms with E-state index in [0.29, 0.717) is 10.6 Å². The Morgan fingerprint density at radius 3 is 2.75 bits per heavy atom. The number of hydrogen-bond donors (Lipinski definition) is 1. The molecule has 0 aliphatic rings. The van der Waals surface area contributed by atoms with Crippen molar-refractivity contribution in [3.63, 3.8) is 0 Å². The van der Waals surface area contributed by atoms with Gasteiger partial charge in [0.05, 0.1) is 5.69 Å². The van der Waals surface area contributed by atoms with Gasteiger partial charge in [-0.2, -0.15) is 0 Å². The van der Waals surface area contributed by atoms with Gasteiger partial charge in [-0.05, 0) is 38.8 Å². The van der Waals surface area contributed by atoms with E-state index in [0.717, 1.165) is 28.7 Å². The number of anilines is 1. The Bertz CT molecular complexity index is 633. The summed E-state index contributed by atoms with van der Waals surface area (Å²) in [6.07, 6.45) is 2.69. The molecule has 0 radical (unpaired) electrons. The van der Waals surface area contributed by atoms with Gasteiger partial charge in [-0.1, -0.05) is 6.92 Å². The van der Waals surface area contributed by atoms with Crippen molar-refractivity contribution in [2.24, 2.45) is 0 Å². The van der Waals surface area contributed by atoms with Crippen LogP contribution in [0.15, 0.2) is 12.3 Å². The van der Waals surface area contributed by atoms with Gasteiger partial charge < -0.3 is 10.6 Å². The smallest absolute Gasteiger partial charge is 0.266 e. The van der Waals surface area contributed by atoms with Crippen molar-refractivity contribution < 1.29 is 4.79 Å². The number of hydrogen-bond acceptors (Lipinski definition) is 4. The van der Waals surface area contributed by atoms with Crippen molar-refractivity contribution >= 4 is 33.1 Å². The van der Waals surface area contributed by atoms with E-state index in [2.05, 4.69) is 11.9 Å². The summed E-state index contributed by atoms with van der Waals surface area (Å²) < 4.78 is 0. The van der Waals surface area contributed by atoms with Crippen molar-refractivity contribution in [3.8, 4) is 0 Å². The highest BCUT2D eigenvalue weighted by Crippen LogP contribution is 2.35. The lowest BCUT2D eigenvalue weighted by Crippen LogP contribution is -2.37. The van der Waals surface area contributed by atoms with Crippen LogP contribution in [0.4, 0.5) is 5.69 Å². The van der Waals surface area contributed by atoms with Gasteiger partial charge in [-0.3, -0.25) is 4.79 Å². The van der Waals surface area contributed by atoms with Crippen molar-refractivity contribution in [1.29, 1.82) is 0 Å². The lowest BCUT2D eigenvalue weighted by Gasteiger charge is -2.25. The summed E-state index contributed by atoms with van der Waals surface area (Å²) in [4.78, 5) is 20.4. The lowest BCUT2D eigenvalue weighted by atomic mass is 10.1. The molecule has 2 rings (SSSR count). The van der Waals surface area contributed by atoms with Crippen LogP contribution in [0.1, 0.15) is 42.4 Å². The fourth-order valence-corrected chi connectivity index (χ4v) is 3.42. The van der Waals surface area contributed by atoms with Crippen molar-refractivity contribution in [2.45, 2.75) is 40.2 Å². The number of nitrogens with two attached hydrogens (primary N) is 1. The van der Waals surface area contributed by atoms with Gasteiger partial charge in [-0.25, -0.2) is 4.98 Å². The molecule has 0 aliphatic heterocycles. The van der Waals surface area contributed by atoms with E-state index in [4.69, 9.17) is 5.73 Å². The first kappa shape index (κ1) is 14.8. The third-order valence-corrected chi connectivity index (χ3v) is 4.48. The average molecular weight is 291 g/mol. The number of nitrogen functional groups attached to an aromatic ring is 1. The highest BCUT2D eigenvalue weighted by Gasteiger charge is 2.24. The fraction of sp³-hybridized carbons (Fsp3) is 0.467. The van der Waals surface area contributed by atoms with Crippen molar-refractivity contribution in [1.82, 2.24) is 9.88 Å². The summed E-state index contributed by atoms with van der Waals surface area (Å²) in [6, 6.07) is 2.09. The van der Waals surface area contributed by atoms with Crippen LogP contribution in [0, 0.1) is 6.92 Å². The third-order valence-electron chi connectivity index (χ3n) is 3.38. The molecule has 5 heteroatoms. The highest BCUT2D eigenvalue weighted by atomic mass is 32.1. The van der Waals surface area contributed by atoms with Gasteiger partial charge in [0.25, 0.3) is 5.91 Å². The summed E-state index contributed by atoms with van der Waals surface area (Å²) in [5.41, 5.74) is 7.83. The number of fused-ring (bicyclic) bond motifs is 1. The zero-order chi connectivity index (χ0) is 14.9. The van der Waals surface area contributed by atoms with Crippen LogP contribution in [0.25, 0.3) is 10.2 Å². The van der Waals surface area contributed by atoms with Crippen molar-refractivity contribution in [2.75, 3.05) is 12.3 Å². The normalized spacial score (nSPS) is 11.2. The quantitative estimate of drug-likeness (QED) is 0.938. The molecule has 0 unspecified atom stereocenters. The van der Waals surface area contributed by atoms with Crippen LogP contribution in [0.3, 0.4) is 0 Å². The molecular weight excluding hydrogens is 270 g/mol. The predicted octanol–water partition coefficient (Wildman–Crippen LogP) is 3.45. The first-order chi connectivity index (χ1) is 9.47. The second-order valence-corrected chi connectivity index (χ2v) is 6.24. The minimum atomic E-state index is 0.0155. The summed E-state index contributed by atoms with van der Waals surface area (Å²) in [5, 5.41) is 0.918. The lowest BCUT2D eigenvalue weighted by molar-refractivity contribution is 0.0712. The van der Waals surface area contributed by atoms with E-state index >= 15 is 0 Å². The van der Waals surface area contributed by atoms with Gasteiger partial charge in [0.1, 0.15) is 9.71 Å². The second-order valence-electron chi connectivity index (χ2n) is 5.25. The number of pyridine rings is 1. The van der Waals surface area contributed by atoms with E-state index in [1.54, 1.807) is 6.20 Å². The average Bonchev–Trinajstić information content (AvgIpc) is 2.73. The largest absolute Gasteiger partial charge is 0.397 e. The summed E-state index contributed by atoms with van der Waals surface area (Å²) >= 11 is 1.39. The number of thiophene rings is 1. The molecule has 1 amide bonds. The maximum Gasteiger partial charge on any atom is 0.266 e. The molecule has 20 heavy (non-hydrogen) atoms. The minimum Gasteiger partial charge on any atom is -0.397 e. The van der Waals surface area contributed by atoms with E-state index in [1.165, 1.54) is 11.3 Å². The topological polar surface area (TPSA) is 59.2 Å². The monoisotopic (exact) mass is 291 g/mol. The van der Waals surface area contributed by atoms with Crippen molar-refractivity contribution in [3.05, 3.63) is 22.7 Å². The maximum atomic E-state index is 12.7. The van der Waals surface area contributed by atoms with E-state index in [1.807, 2.05) is 31.7 Å². The van der Waals surface area contributed by atoms with Crippen LogP contribution >= 0.6 is 11.3 Å². The van der Waals surface area contributed by atoms with Gasteiger partial charge in [0, 0.05) is 24.2 Å². The molecular formula is C15H21N3OS. The van der Waals surface area contributed by atoms with E-state index < -0.39 is 0 Å². The Morgan fingerprint density at radius 2 is 2.20 bits per heavy atom. The standard InChI is InChI=1S/C15H21N3OS/c1-5-8-18(9(2)3)15(19)13-12(16)11-10(4)6-7-17-14(11)20-13/h6-7,9H,5,8,16H2,1-4H3. The highest BCUT2D eigenvalue weighted by molar-refractivity contribution is 7.21. The molecule has 0 aliphatic carbocycles. The number of aromatic nitrogens is 1. The van der Waals surface area contributed by atoms with E-state index in [-0.39, 0.29) is 11.9 Å². The van der Waals surface area contributed by atoms with Gasteiger partial charge in [0.15, 0.2) is 0 Å². The summed E-state index contributed by atoms with van der Waals surface area (Å²) in [5.74, 6) is 0.0155. The van der Waals surface area contributed by atoms with Crippen LogP contribution in [0.2, 0.25) is 0 Å².